The van der Waals surface area contributed by atoms with Crippen LogP contribution in [0.3, 0.4) is 0 Å². The minimum Gasteiger partial charge on any atom is -0.462 e. The molecule has 0 fully saturated rings. The second kappa shape index (κ2) is 13.9. The summed E-state index contributed by atoms with van der Waals surface area (Å²) in [6, 6.07) is 0. The van der Waals surface area contributed by atoms with E-state index < -0.39 is 11.4 Å². The quantitative estimate of drug-likeness (QED) is 0.249. The van der Waals surface area contributed by atoms with E-state index in [1.54, 1.807) is 6.92 Å². The van der Waals surface area contributed by atoms with Crippen molar-refractivity contribution >= 4 is 17.8 Å². The van der Waals surface area contributed by atoms with Crippen molar-refractivity contribution in [3.8, 4) is 0 Å². The van der Waals surface area contributed by atoms with Gasteiger partial charge in [0.05, 0.1) is 25.3 Å². The molecule has 0 heterocycles. The van der Waals surface area contributed by atoms with Crippen LogP contribution in [-0.2, 0) is 19.1 Å². The van der Waals surface area contributed by atoms with E-state index in [0.29, 0.717) is 12.0 Å². The maximum atomic E-state index is 11.1. The summed E-state index contributed by atoms with van der Waals surface area (Å²) in [4.78, 5) is 32.0. The van der Waals surface area contributed by atoms with Crippen molar-refractivity contribution < 1.29 is 29.3 Å². The molecule has 0 rings (SSSR count). The Bertz CT molecular complexity index is 455. The molecule has 0 bridgehead atoms. The van der Waals surface area contributed by atoms with Gasteiger partial charge in [-0.05, 0) is 25.5 Å². The van der Waals surface area contributed by atoms with Gasteiger partial charge in [0.1, 0.15) is 6.61 Å². The number of hydrogen-bond acceptors (Lipinski definition) is 6. The molecule has 25 heavy (non-hydrogen) atoms. The van der Waals surface area contributed by atoms with Crippen molar-refractivity contribution in [3.63, 3.8) is 0 Å². The number of carbonyl (C=O) groups is 3. The van der Waals surface area contributed by atoms with Crippen LogP contribution in [0.1, 0.15) is 20.3 Å². The monoisotopic (exact) mass is 356 g/mol. The first-order chi connectivity index (χ1) is 11.7. The van der Waals surface area contributed by atoms with Gasteiger partial charge in [-0.3, -0.25) is 9.59 Å². The summed E-state index contributed by atoms with van der Waals surface area (Å²) < 4.78 is 4.88. The average molecular weight is 356 g/mol. The molecule has 0 aliphatic rings. The van der Waals surface area contributed by atoms with Gasteiger partial charge in [-0.1, -0.05) is 26.7 Å². The number of amides is 2. The van der Waals surface area contributed by atoms with Crippen molar-refractivity contribution in [2.75, 3.05) is 26.5 Å². The molecule has 142 valence electrons. The second-order valence-electron chi connectivity index (χ2n) is 5.19. The molecule has 0 saturated heterocycles. The molecule has 0 atom stereocenters. The van der Waals surface area contributed by atoms with Gasteiger partial charge in [0.25, 0.3) is 0 Å². The largest absolute Gasteiger partial charge is 0.462 e. The zero-order valence-corrected chi connectivity index (χ0v) is 14.8. The molecule has 0 unspecified atom stereocenters. The van der Waals surface area contributed by atoms with E-state index in [2.05, 4.69) is 30.4 Å². The SMILES string of the molecule is C=C(C)C(=O)OCC(CC)(CO)CO.C=CC(=O)NCNC(=O)C=C. The highest BCUT2D eigenvalue weighted by Gasteiger charge is 2.28. The lowest BCUT2D eigenvalue weighted by Crippen LogP contribution is -2.35. The van der Waals surface area contributed by atoms with Gasteiger partial charge in [-0.2, -0.15) is 0 Å². The highest BCUT2D eigenvalue weighted by Crippen LogP contribution is 2.21. The van der Waals surface area contributed by atoms with E-state index in [1.165, 1.54) is 0 Å². The summed E-state index contributed by atoms with van der Waals surface area (Å²) in [6.07, 6.45) is 2.80. The molecule has 0 saturated carbocycles. The Balaban J connectivity index is 0. The number of ether oxygens (including phenoxy) is 1. The zero-order valence-electron chi connectivity index (χ0n) is 14.8. The molecule has 0 spiro atoms. The van der Waals surface area contributed by atoms with Crippen LogP contribution in [0.2, 0.25) is 0 Å². The summed E-state index contributed by atoms with van der Waals surface area (Å²) in [6.45, 7) is 13.0. The third-order valence-electron chi connectivity index (χ3n) is 3.17. The van der Waals surface area contributed by atoms with E-state index >= 15 is 0 Å². The Kier molecular flexibility index (Phi) is 13.8. The molecule has 0 aromatic rings. The van der Waals surface area contributed by atoms with Crippen LogP contribution in [0.4, 0.5) is 0 Å². The van der Waals surface area contributed by atoms with Gasteiger partial charge in [0, 0.05) is 5.57 Å². The Morgan fingerprint density at radius 3 is 1.80 bits per heavy atom. The number of aliphatic hydroxyl groups excluding tert-OH is 2. The summed E-state index contributed by atoms with van der Waals surface area (Å²) in [5, 5.41) is 22.8. The number of hydrogen-bond donors (Lipinski definition) is 4. The lowest BCUT2D eigenvalue weighted by atomic mass is 9.88. The van der Waals surface area contributed by atoms with Gasteiger partial charge >= 0.3 is 5.97 Å². The fourth-order valence-electron chi connectivity index (χ4n) is 1.17. The van der Waals surface area contributed by atoms with Gasteiger partial charge < -0.3 is 25.6 Å². The molecule has 0 aromatic carbocycles. The van der Waals surface area contributed by atoms with Gasteiger partial charge in [0.15, 0.2) is 0 Å². The molecule has 0 aromatic heterocycles. The Labute approximate surface area is 148 Å². The van der Waals surface area contributed by atoms with Crippen LogP contribution in [0.25, 0.3) is 0 Å². The van der Waals surface area contributed by atoms with Gasteiger partial charge in [-0.25, -0.2) is 4.79 Å². The molecular weight excluding hydrogens is 328 g/mol. The second-order valence-corrected chi connectivity index (χ2v) is 5.19. The van der Waals surface area contributed by atoms with Crippen molar-refractivity contribution in [3.05, 3.63) is 37.5 Å². The molecule has 0 aliphatic heterocycles. The maximum Gasteiger partial charge on any atom is 0.333 e. The Morgan fingerprint density at radius 1 is 1.08 bits per heavy atom. The minimum atomic E-state index is -0.731. The van der Waals surface area contributed by atoms with E-state index in [0.717, 1.165) is 12.2 Å². The Morgan fingerprint density at radius 2 is 1.52 bits per heavy atom. The maximum absolute atomic E-state index is 11.1. The van der Waals surface area contributed by atoms with E-state index in [9.17, 15) is 14.4 Å². The van der Waals surface area contributed by atoms with Crippen LogP contribution < -0.4 is 10.6 Å². The molecule has 0 aliphatic carbocycles. The summed E-state index contributed by atoms with van der Waals surface area (Å²) in [5.74, 6) is -1.14. The lowest BCUT2D eigenvalue weighted by Gasteiger charge is -2.27. The molecule has 4 N–H and O–H groups in total. The van der Waals surface area contributed by atoms with Gasteiger partial charge in [0.2, 0.25) is 11.8 Å². The predicted octanol–water partition coefficient (Wildman–Crippen LogP) is 0.0350. The zero-order chi connectivity index (χ0) is 19.9. The highest BCUT2D eigenvalue weighted by atomic mass is 16.5. The van der Waals surface area contributed by atoms with Crippen LogP contribution in [0.5, 0.6) is 0 Å². The van der Waals surface area contributed by atoms with E-state index in [-0.39, 0.29) is 38.3 Å². The molecule has 8 nitrogen and oxygen atoms in total. The van der Waals surface area contributed by atoms with Crippen molar-refractivity contribution in [2.45, 2.75) is 20.3 Å². The van der Waals surface area contributed by atoms with Crippen molar-refractivity contribution in [1.82, 2.24) is 10.6 Å². The van der Waals surface area contributed by atoms with E-state index in [1.807, 2.05) is 6.92 Å². The number of esters is 1. The highest BCUT2D eigenvalue weighted by molar-refractivity contribution is 5.89. The summed E-state index contributed by atoms with van der Waals surface area (Å²) in [5.41, 5.74) is -0.420. The first-order valence-electron chi connectivity index (χ1n) is 7.56. The minimum absolute atomic E-state index is 0.0161. The number of aliphatic hydroxyl groups is 2. The first-order valence-corrected chi connectivity index (χ1v) is 7.56. The lowest BCUT2D eigenvalue weighted by molar-refractivity contribution is -0.145. The average Bonchev–Trinajstić information content (AvgIpc) is 2.63. The Hall–Kier alpha value is -2.45. The number of nitrogens with one attached hydrogen (secondary N) is 2. The fourth-order valence-corrected chi connectivity index (χ4v) is 1.17. The van der Waals surface area contributed by atoms with Crippen LogP contribution in [-0.4, -0.2) is 54.5 Å². The summed E-state index contributed by atoms with van der Waals surface area (Å²) in [7, 11) is 0. The molecule has 2 amide bonds. The van der Waals surface area contributed by atoms with Crippen LogP contribution >= 0.6 is 0 Å². The predicted molar refractivity (Wildman–Crippen MR) is 94.2 cm³/mol. The molecule has 0 radical (unpaired) electrons. The standard InChI is InChI=1S/C10H18O4.C7H10N2O2/c1-4-10(5-11,6-12)7-14-9(13)8(2)3;1-3-6(10)8-5-9-7(11)4-2/h11-12H,2,4-7H2,1,3H3;3-4H,1-2,5H2,(H,8,10)(H,9,11). The normalized spacial score (nSPS) is 9.76. The van der Waals surface area contributed by atoms with Crippen molar-refractivity contribution in [2.24, 2.45) is 5.41 Å². The summed E-state index contributed by atoms with van der Waals surface area (Å²) >= 11 is 0. The van der Waals surface area contributed by atoms with Crippen LogP contribution in [0, 0.1) is 5.41 Å². The molecule has 8 heteroatoms. The smallest absolute Gasteiger partial charge is 0.333 e. The third kappa shape index (κ3) is 11.7. The van der Waals surface area contributed by atoms with E-state index in [4.69, 9.17) is 14.9 Å². The fraction of sp³-hybridized carbons (Fsp3) is 0.471. The van der Waals surface area contributed by atoms with Crippen molar-refractivity contribution in [1.29, 1.82) is 0 Å². The van der Waals surface area contributed by atoms with Crippen LogP contribution in [0.15, 0.2) is 37.5 Å². The number of rotatable bonds is 10. The first kappa shape index (κ1) is 24.8. The van der Waals surface area contributed by atoms with Gasteiger partial charge in [-0.15, -0.1) is 0 Å². The number of carbonyl (C=O) groups excluding carboxylic acids is 3. The third-order valence-corrected chi connectivity index (χ3v) is 3.17. The topological polar surface area (TPSA) is 125 Å². The molecular formula is C17H28N2O6.